The number of rotatable bonds is 1. The van der Waals surface area contributed by atoms with E-state index in [9.17, 15) is 0 Å². The van der Waals surface area contributed by atoms with Crippen LogP contribution < -0.4 is 0 Å². The summed E-state index contributed by atoms with van der Waals surface area (Å²) in [5.41, 5.74) is 0.821. The predicted molar refractivity (Wildman–Crippen MR) is 52.8 cm³/mol. The minimum absolute atomic E-state index is 0.0103. The molecule has 1 aromatic rings. The van der Waals surface area contributed by atoms with Crippen LogP contribution in [0.25, 0.3) is 0 Å². The van der Waals surface area contributed by atoms with Crippen molar-refractivity contribution in [1.29, 1.82) is 0 Å². The van der Waals surface area contributed by atoms with E-state index in [1.165, 1.54) is 0 Å². The van der Waals surface area contributed by atoms with Gasteiger partial charge in [-0.25, -0.2) is 0 Å². The Labute approximate surface area is 86.6 Å². The van der Waals surface area contributed by atoms with Crippen LogP contribution in [0.3, 0.4) is 0 Å². The maximum Gasteiger partial charge on any atom is 0.0693 e. The highest BCUT2D eigenvalue weighted by Crippen LogP contribution is 2.33. The van der Waals surface area contributed by atoms with Crippen LogP contribution in [0.15, 0.2) is 21.1 Å². The Bertz CT molecular complexity index is 275. The largest absolute Gasteiger partial charge is 0.392 e. The molecular weight excluding hydrogens is 295 g/mol. The van der Waals surface area contributed by atoms with Crippen LogP contribution in [-0.4, -0.2) is 5.11 Å². The summed E-state index contributed by atoms with van der Waals surface area (Å²) in [6, 6.07) is 3.51. The molecule has 0 spiro atoms. The SMILES string of the molecule is OCc1ccc(Cl)c(Br)c1Br. The fourth-order valence-corrected chi connectivity index (χ4v) is 1.82. The highest BCUT2D eigenvalue weighted by molar-refractivity contribution is 9.13. The summed E-state index contributed by atoms with van der Waals surface area (Å²) in [4.78, 5) is 0. The lowest BCUT2D eigenvalue weighted by Gasteiger charge is -2.03. The lowest BCUT2D eigenvalue weighted by atomic mass is 10.2. The van der Waals surface area contributed by atoms with Crippen molar-refractivity contribution in [3.63, 3.8) is 0 Å². The standard InChI is InChI=1S/C7H5Br2ClO/c8-6-4(3-11)1-2-5(10)7(6)9/h1-2,11H,3H2. The molecule has 0 atom stereocenters. The molecule has 0 unspecified atom stereocenters. The second kappa shape index (κ2) is 3.90. The van der Waals surface area contributed by atoms with Gasteiger partial charge >= 0.3 is 0 Å². The van der Waals surface area contributed by atoms with Gasteiger partial charge in [-0.05, 0) is 43.5 Å². The van der Waals surface area contributed by atoms with Gasteiger partial charge in [0, 0.05) is 4.47 Å². The van der Waals surface area contributed by atoms with Gasteiger partial charge in [0.15, 0.2) is 0 Å². The molecule has 0 saturated heterocycles. The summed E-state index contributed by atoms with van der Waals surface area (Å²) < 4.78 is 1.60. The van der Waals surface area contributed by atoms with Crippen molar-refractivity contribution in [2.45, 2.75) is 6.61 Å². The van der Waals surface area contributed by atoms with Gasteiger partial charge in [0.05, 0.1) is 16.1 Å². The second-order valence-electron chi connectivity index (χ2n) is 1.99. The summed E-state index contributed by atoms with van der Waals surface area (Å²) in [6.07, 6.45) is 0. The Balaban J connectivity index is 3.25. The Kier molecular flexibility index (Phi) is 3.37. The zero-order valence-corrected chi connectivity index (χ0v) is 9.37. The van der Waals surface area contributed by atoms with E-state index in [1.807, 2.05) is 0 Å². The first-order valence-corrected chi connectivity index (χ1v) is 4.86. The molecule has 1 rings (SSSR count). The molecule has 0 aliphatic heterocycles. The molecule has 1 N–H and O–H groups in total. The van der Waals surface area contributed by atoms with Crippen molar-refractivity contribution in [2.24, 2.45) is 0 Å². The topological polar surface area (TPSA) is 20.2 Å². The highest BCUT2D eigenvalue weighted by atomic mass is 79.9. The summed E-state index contributed by atoms with van der Waals surface area (Å²) in [5.74, 6) is 0. The molecule has 0 fully saturated rings. The minimum Gasteiger partial charge on any atom is -0.392 e. The smallest absolute Gasteiger partial charge is 0.0693 e. The molecule has 0 radical (unpaired) electrons. The van der Waals surface area contributed by atoms with E-state index in [1.54, 1.807) is 12.1 Å². The van der Waals surface area contributed by atoms with Crippen LogP contribution >= 0.6 is 43.5 Å². The number of hydrogen-bond acceptors (Lipinski definition) is 1. The van der Waals surface area contributed by atoms with Gasteiger partial charge in [-0.15, -0.1) is 0 Å². The van der Waals surface area contributed by atoms with Crippen LogP contribution in [0.5, 0.6) is 0 Å². The van der Waals surface area contributed by atoms with Crippen LogP contribution in [0.4, 0.5) is 0 Å². The predicted octanol–water partition coefficient (Wildman–Crippen LogP) is 3.36. The maximum atomic E-state index is 8.84. The zero-order chi connectivity index (χ0) is 8.43. The average Bonchev–Trinajstić information content (AvgIpc) is 2.01. The Morgan fingerprint density at radius 1 is 1.27 bits per heavy atom. The van der Waals surface area contributed by atoms with Crippen molar-refractivity contribution in [2.75, 3.05) is 0 Å². The molecule has 0 aliphatic carbocycles. The van der Waals surface area contributed by atoms with Gasteiger partial charge in [0.25, 0.3) is 0 Å². The minimum atomic E-state index is 0.0103. The normalized spacial score (nSPS) is 10.2. The van der Waals surface area contributed by atoms with Crippen LogP contribution in [0.2, 0.25) is 5.02 Å². The molecule has 1 nitrogen and oxygen atoms in total. The maximum absolute atomic E-state index is 8.84. The molecule has 0 amide bonds. The number of benzene rings is 1. The Morgan fingerprint density at radius 3 is 2.45 bits per heavy atom. The van der Waals surface area contributed by atoms with E-state index >= 15 is 0 Å². The van der Waals surface area contributed by atoms with Gasteiger partial charge in [-0.1, -0.05) is 17.7 Å². The van der Waals surface area contributed by atoms with E-state index in [0.717, 1.165) is 14.5 Å². The third-order valence-electron chi connectivity index (χ3n) is 1.29. The molecule has 0 heterocycles. The summed E-state index contributed by atoms with van der Waals surface area (Å²) >= 11 is 12.4. The van der Waals surface area contributed by atoms with Crippen molar-refractivity contribution >= 4 is 43.5 Å². The van der Waals surface area contributed by atoms with Gasteiger partial charge in [-0.3, -0.25) is 0 Å². The molecule has 0 bridgehead atoms. The van der Waals surface area contributed by atoms with Crippen molar-refractivity contribution in [3.05, 3.63) is 31.7 Å². The van der Waals surface area contributed by atoms with Gasteiger partial charge in [0.1, 0.15) is 0 Å². The first-order chi connectivity index (χ1) is 5.16. The molecule has 0 saturated carbocycles. The molecule has 4 heteroatoms. The molecule has 0 aromatic heterocycles. The molecule has 11 heavy (non-hydrogen) atoms. The second-order valence-corrected chi connectivity index (χ2v) is 3.99. The van der Waals surface area contributed by atoms with E-state index in [4.69, 9.17) is 16.7 Å². The monoisotopic (exact) mass is 298 g/mol. The van der Waals surface area contributed by atoms with E-state index in [0.29, 0.717) is 5.02 Å². The highest BCUT2D eigenvalue weighted by Gasteiger charge is 2.05. The van der Waals surface area contributed by atoms with Crippen molar-refractivity contribution in [3.8, 4) is 0 Å². The quantitative estimate of drug-likeness (QED) is 0.789. The lowest BCUT2D eigenvalue weighted by Crippen LogP contribution is -1.85. The van der Waals surface area contributed by atoms with E-state index < -0.39 is 0 Å². The molecule has 0 aliphatic rings. The summed E-state index contributed by atoms with van der Waals surface area (Å²) in [7, 11) is 0. The Morgan fingerprint density at radius 2 is 1.91 bits per heavy atom. The van der Waals surface area contributed by atoms with Crippen LogP contribution in [-0.2, 0) is 6.61 Å². The van der Waals surface area contributed by atoms with Gasteiger partial charge in [-0.2, -0.15) is 0 Å². The number of hydrogen-bond donors (Lipinski definition) is 1. The molecule has 1 aromatic carbocycles. The lowest BCUT2D eigenvalue weighted by molar-refractivity contribution is 0.281. The Hall–Kier alpha value is 0.430. The third-order valence-corrected chi connectivity index (χ3v) is 4.09. The summed E-state index contributed by atoms with van der Waals surface area (Å²) in [5, 5.41) is 9.47. The number of aliphatic hydroxyl groups excluding tert-OH is 1. The molecular formula is C7H5Br2ClO. The first kappa shape index (κ1) is 9.52. The van der Waals surface area contributed by atoms with Crippen LogP contribution in [0.1, 0.15) is 5.56 Å². The first-order valence-electron chi connectivity index (χ1n) is 2.90. The third kappa shape index (κ3) is 1.96. The van der Waals surface area contributed by atoms with Gasteiger partial charge in [0.2, 0.25) is 0 Å². The zero-order valence-electron chi connectivity index (χ0n) is 5.44. The average molecular weight is 300 g/mol. The van der Waals surface area contributed by atoms with Crippen molar-refractivity contribution in [1.82, 2.24) is 0 Å². The van der Waals surface area contributed by atoms with Gasteiger partial charge < -0.3 is 5.11 Å². The number of halogens is 3. The fourth-order valence-electron chi connectivity index (χ4n) is 0.688. The number of aliphatic hydroxyl groups is 1. The summed E-state index contributed by atoms with van der Waals surface area (Å²) in [6.45, 7) is 0.0103. The van der Waals surface area contributed by atoms with E-state index in [2.05, 4.69) is 31.9 Å². The van der Waals surface area contributed by atoms with Crippen molar-refractivity contribution < 1.29 is 5.11 Å². The van der Waals surface area contributed by atoms with Crippen LogP contribution in [0, 0.1) is 0 Å². The van der Waals surface area contributed by atoms with E-state index in [-0.39, 0.29) is 6.61 Å². The fraction of sp³-hybridized carbons (Fsp3) is 0.143. The molecule has 60 valence electrons.